The molecule has 2 N–H and O–H groups in total. The molecule has 2 aromatic carbocycles. The normalized spacial score (nSPS) is 15.0. The molecule has 166 valence electrons. The highest BCUT2D eigenvalue weighted by molar-refractivity contribution is 6.07. The molecule has 1 fully saturated rings. The van der Waals surface area contributed by atoms with Crippen LogP contribution in [0.5, 0.6) is 11.5 Å². The number of hydrogen-bond donors (Lipinski definition) is 2. The Labute approximate surface area is 187 Å². The van der Waals surface area contributed by atoms with E-state index in [0.717, 1.165) is 19.4 Å². The van der Waals surface area contributed by atoms with Crippen LogP contribution < -0.4 is 20.1 Å². The van der Waals surface area contributed by atoms with Gasteiger partial charge in [0.05, 0.1) is 24.5 Å². The summed E-state index contributed by atoms with van der Waals surface area (Å²) in [5.74, 6) is 2.93. The van der Waals surface area contributed by atoms with E-state index in [1.807, 2.05) is 0 Å². The quantitative estimate of drug-likeness (QED) is 0.490. The molecule has 1 aliphatic rings. The molecule has 0 aliphatic carbocycles. The number of carbonyl (C=O) groups is 2. The summed E-state index contributed by atoms with van der Waals surface area (Å²) in [5.41, 5.74) is 1.44. The second kappa shape index (κ2) is 11.6. The van der Waals surface area contributed by atoms with Gasteiger partial charge >= 0.3 is 0 Å². The highest BCUT2D eigenvalue weighted by atomic mass is 16.5. The van der Waals surface area contributed by atoms with Gasteiger partial charge in [0.1, 0.15) is 6.11 Å². The zero-order chi connectivity index (χ0) is 22.8. The van der Waals surface area contributed by atoms with Crippen LogP contribution in [0.1, 0.15) is 35.7 Å². The molecule has 3 rings (SSSR count). The number of amides is 2. The molecule has 0 saturated carbocycles. The fraction of sp³-hybridized carbons (Fsp3) is 0.280. The number of rotatable bonds is 8. The molecule has 1 saturated heterocycles. The minimum Gasteiger partial charge on any atom is -0.493 e. The Morgan fingerprint density at radius 1 is 1.22 bits per heavy atom. The summed E-state index contributed by atoms with van der Waals surface area (Å²) in [6, 6.07) is 12.2. The summed E-state index contributed by atoms with van der Waals surface area (Å²) < 4.78 is 16.3. The lowest BCUT2D eigenvalue weighted by molar-refractivity contribution is -0.111. The maximum Gasteiger partial charge on any atom is 0.253 e. The van der Waals surface area contributed by atoms with Crippen molar-refractivity contribution in [2.45, 2.75) is 25.9 Å². The lowest BCUT2D eigenvalue weighted by Crippen LogP contribution is -2.32. The molecule has 32 heavy (non-hydrogen) atoms. The Morgan fingerprint density at radius 3 is 2.81 bits per heavy atom. The van der Waals surface area contributed by atoms with Crippen molar-refractivity contribution >= 4 is 23.6 Å². The molecule has 0 radical (unpaired) electrons. The lowest BCUT2D eigenvalue weighted by atomic mass is 10.1. The molecule has 1 atom stereocenters. The highest BCUT2D eigenvalue weighted by Gasteiger charge is 2.18. The van der Waals surface area contributed by atoms with E-state index in [4.69, 9.17) is 14.2 Å². The van der Waals surface area contributed by atoms with E-state index in [2.05, 4.69) is 22.7 Å². The predicted molar refractivity (Wildman–Crippen MR) is 122 cm³/mol. The Hall–Kier alpha value is -3.76. The highest BCUT2D eigenvalue weighted by Crippen LogP contribution is 2.31. The van der Waals surface area contributed by atoms with E-state index in [-0.39, 0.29) is 17.9 Å². The van der Waals surface area contributed by atoms with Gasteiger partial charge in [-0.2, -0.15) is 0 Å². The van der Waals surface area contributed by atoms with Gasteiger partial charge in [0.15, 0.2) is 11.5 Å². The van der Waals surface area contributed by atoms with Crippen LogP contribution in [0.3, 0.4) is 0 Å². The van der Waals surface area contributed by atoms with E-state index in [0.29, 0.717) is 34.9 Å². The zero-order valence-electron chi connectivity index (χ0n) is 18.1. The van der Waals surface area contributed by atoms with Crippen LogP contribution in [0.25, 0.3) is 6.08 Å². The number of nitrogens with one attached hydrogen (secondary N) is 2. The van der Waals surface area contributed by atoms with Gasteiger partial charge in [-0.3, -0.25) is 9.59 Å². The summed E-state index contributed by atoms with van der Waals surface area (Å²) in [4.78, 5) is 25.2. The molecule has 7 nitrogen and oxygen atoms in total. The summed E-state index contributed by atoms with van der Waals surface area (Å²) in [6.07, 6.45) is 7.49. The van der Waals surface area contributed by atoms with Crippen molar-refractivity contribution in [1.82, 2.24) is 5.32 Å². The summed E-state index contributed by atoms with van der Waals surface area (Å²) >= 11 is 0. The van der Waals surface area contributed by atoms with Crippen molar-refractivity contribution in [3.05, 3.63) is 59.7 Å². The first-order valence-corrected chi connectivity index (χ1v) is 10.4. The fourth-order valence-corrected chi connectivity index (χ4v) is 3.27. The molecule has 0 bridgehead atoms. The van der Waals surface area contributed by atoms with E-state index >= 15 is 0 Å². The van der Waals surface area contributed by atoms with Gasteiger partial charge in [-0.1, -0.05) is 30.2 Å². The lowest BCUT2D eigenvalue weighted by Gasteiger charge is -2.13. The maximum atomic E-state index is 12.6. The molecule has 2 aromatic rings. The van der Waals surface area contributed by atoms with Gasteiger partial charge in [0.2, 0.25) is 5.91 Å². The minimum atomic E-state index is -0.389. The van der Waals surface area contributed by atoms with Crippen LogP contribution in [0.15, 0.2) is 48.5 Å². The van der Waals surface area contributed by atoms with Crippen LogP contribution in [-0.4, -0.2) is 38.2 Å². The second-order valence-electron chi connectivity index (χ2n) is 7.05. The fourth-order valence-electron chi connectivity index (χ4n) is 3.27. The van der Waals surface area contributed by atoms with Crippen LogP contribution in [0.4, 0.5) is 5.69 Å². The summed E-state index contributed by atoms with van der Waals surface area (Å²) in [5, 5.41) is 5.64. The Bertz CT molecular complexity index is 1050. The van der Waals surface area contributed by atoms with Gasteiger partial charge in [-0.15, -0.1) is 0 Å². The third-order valence-electron chi connectivity index (χ3n) is 4.84. The maximum absolute atomic E-state index is 12.6. The standard InChI is InChI=1S/C25H26N2O5/c1-3-15-32-24-18(8-6-12-22(24)30-2)13-14-23(28)27-21-11-5-4-10-20(21)25(29)26-17-19-9-7-16-31-19/h4-6,8,10-14,19H,7,9,16-17H2,1-2H3,(H,26,29)(H,27,28)/b14-13+. The first-order valence-electron chi connectivity index (χ1n) is 10.4. The smallest absolute Gasteiger partial charge is 0.253 e. The van der Waals surface area contributed by atoms with Crippen molar-refractivity contribution in [3.63, 3.8) is 0 Å². The first-order chi connectivity index (χ1) is 15.6. The summed E-state index contributed by atoms with van der Waals surface area (Å²) in [7, 11) is 1.53. The average Bonchev–Trinajstić information content (AvgIpc) is 3.34. The molecule has 0 spiro atoms. The number of benzene rings is 2. The minimum absolute atomic E-state index is 0.0420. The number of methoxy groups -OCH3 is 1. The Kier molecular flexibility index (Phi) is 8.29. The number of ether oxygens (including phenoxy) is 3. The molecule has 1 aliphatic heterocycles. The molecular weight excluding hydrogens is 408 g/mol. The third kappa shape index (κ3) is 6.13. The number of para-hydroxylation sites is 2. The second-order valence-corrected chi connectivity index (χ2v) is 7.05. The van der Waals surface area contributed by atoms with Crippen molar-refractivity contribution in [2.24, 2.45) is 0 Å². The number of hydrogen-bond acceptors (Lipinski definition) is 5. The van der Waals surface area contributed by atoms with Gasteiger partial charge in [0.25, 0.3) is 5.91 Å². The molecular formula is C25H26N2O5. The van der Waals surface area contributed by atoms with Crippen molar-refractivity contribution < 1.29 is 23.8 Å². The monoisotopic (exact) mass is 434 g/mol. The number of anilines is 1. The van der Waals surface area contributed by atoms with Crippen LogP contribution in [0, 0.1) is 12.0 Å². The molecule has 7 heteroatoms. The Morgan fingerprint density at radius 2 is 2.06 bits per heavy atom. The molecule has 1 heterocycles. The van der Waals surface area contributed by atoms with E-state index in [1.54, 1.807) is 55.5 Å². The summed E-state index contributed by atoms with van der Waals surface area (Å²) in [6.45, 7) is 2.83. The van der Waals surface area contributed by atoms with Gasteiger partial charge in [-0.25, -0.2) is 0 Å². The third-order valence-corrected chi connectivity index (χ3v) is 4.84. The topological polar surface area (TPSA) is 85.9 Å². The average molecular weight is 434 g/mol. The van der Waals surface area contributed by atoms with Crippen molar-refractivity contribution in [1.29, 1.82) is 0 Å². The first kappa shape index (κ1) is 22.9. The Balaban J connectivity index is 1.69. The van der Waals surface area contributed by atoms with Crippen LogP contribution >= 0.6 is 0 Å². The number of carbonyl (C=O) groups excluding carboxylic acids is 2. The van der Waals surface area contributed by atoms with E-state index < -0.39 is 0 Å². The molecule has 1 unspecified atom stereocenters. The van der Waals surface area contributed by atoms with Crippen molar-refractivity contribution in [3.8, 4) is 23.5 Å². The SMILES string of the molecule is CC#COc1c(/C=C/C(=O)Nc2ccccc2C(=O)NCC2CCCO2)cccc1OC. The largest absolute Gasteiger partial charge is 0.493 e. The predicted octanol–water partition coefficient (Wildman–Crippen LogP) is 3.62. The van der Waals surface area contributed by atoms with Gasteiger partial charge in [-0.05, 0) is 37.1 Å². The molecule has 0 aromatic heterocycles. The van der Waals surface area contributed by atoms with E-state index in [1.165, 1.54) is 13.2 Å². The van der Waals surface area contributed by atoms with Gasteiger partial charge < -0.3 is 24.8 Å². The van der Waals surface area contributed by atoms with Gasteiger partial charge in [0, 0.05) is 31.7 Å². The van der Waals surface area contributed by atoms with Crippen molar-refractivity contribution in [2.75, 3.05) is 25.6 Å². The van der Waals surface area contributed by atoms with Crippen LogP contribution in [0.2, 0.25) is 0 Å². The van der Waals surface area contributed by atoms with Crippen LogP contribution in [-0.2, 0) is 9.53 Å². The molecule has 2 amide bonds. The van der Waals surface area contributed by atoms with E-state index in [9.17, 15) is 9.59 Å². The zero-order valence-corrected chi connectivity index (χ0v) is 18.1.